The van der Waals surface area contributed by atoms with Gasteiger partial charge < -0.3 is 0 Å². The molecule has 0 aliphatic carbocycles. The summed E-state index contributed by atoms with van der Waals surface area (Å²) < 4.78 is 0. The van der Waals surface area contributed by atoms with Gasteiger partial charge in [-0.2, -0.15) is 0 Å². The van der Waals surface area contributed by atoms with Crippen LogP contribution in [0.25, 0.3) is 10.8 Å². The van der Waals surface area contributed by atoms with Crippen molar-refractivity contribution in [3.63, 3.8) is 0 Å². The second-order valence-electron chi connectivity index (χ2n) is 5.16. The molecule has 2 aromatic carbocycles. The molecule has 0 aliphatic rings. The molecule has 0 fully saturated rings. The maximum absolute atomic E-state index is 2.29. The van der Waals surface area contributed by atoms with Gasteiger partial charge in [0.2, 0.25) is 0 Å². The van der Waals surface area contributed by atoms with E-state index in [1.807, 2.05) is 0 Å². The van der Waals surface area contributed by atoms with Crippen LogP contribution in [0.1, 0.15) is 51.0 Å². The van der Waals surface area contributed by atoms with E-state index in [0.717, 1.165) is 0 Å². The first kappa shape index (κ1) is 13.1. The highest BCUT2D eigenvalue weighted by atomic mass is 14.0. The fraction of sp³-hybridized carbons (Fsp3) is 0.444. The molecule has 96 valence electrons. The molecule has 0 bridgehead atoms. The van der Waals surface area contributed by atoms with Crippen LogP contribution in [0.3, 0.4) is 0 Å². The van der Waals surface area contributed by atoms with Crippen LogP contribution in [0.4, 0.5) is 0 Å². The zero-order valence-corrected chi connectivity index (χ0v) is 11.5. The Hall–Kier alpha value is -1.30. The summed E-state index contributed by atoms with van der Waals surface area (Å²) in [5, 5.41) is 2.81. The van der Waals surface area contributed by atoms with Gasteiger partial charge >= 0.3 is 0 Å². The SMILES string of the molecule is CCCCCCCCc1cccc2ccccc12. The summed E-state index contributed by atoms with van der Waals surface area (Å²) >= 11 is 0. The smallest absolute Gasteiger partial charge is 0.0152 e. The Morgan fingerprint density at radius 3 is 2.33 bits per heavy atom. The van der Waals surface area contributed by atoms with Crippen LogP contribution in [0, 0.1) is 0 Å². The van der Waals surface area contributed by atoms with E-state index in [1.165, 1.54) is 61.3 Å². The first-order chi connectivity index (χ1) is 8.92. The average Bonchev–Trinajstić information content (AvgIpc) is 2.43. The van der Waals surface area contributed by atoms with Crippen LogP contribution in [0.2, 0.25) is 0 Å². The highest BCUT2D eigenvalue weighted by Crippen LogP contribution is 2.20. The lowest BCUT2D eigenvalue weighted by molar-refractivity contribution is 0.608. The Morgan fingerprint density at radius 2 is 1.44 bits per heavy atom. The lowest BCUT2D eigenvalue weighted by atomic mass is 9.99. The molecular weight excluding hydrogens is 216 g/mol. The predicted molar refractivity (Wildman–Crippen MR) is 81.0 cm³/mol. The van der Waals surface area contributed by atoms with E-state index in [9.17, 15) is 0 Å². The Morgan fingerprint density at radius 1 is 0.722 bits per heavy atom. The maximum Gasteiger partial charge on any atom is -0.0152 e. The van der Waals surface area contributed by atoms with E-state index >= 15 is 0 Å². The topological polar surface area (TPSA) is 0 Å². The number of hydrogen-bond donors (Lipinski definition) is 0. The number of unbranched alkanes of at least 4 members (excludes halogenated alkanes) is 5. The lowest BCUT2D eigenvalue weighted by Crippen LogP contribution is -1.88. The van der Waals surface area contributed by atoms with Crippen molar-refractivity contribution in [3.8, 4) is 0 Å². The predicted octanol–water partition coefficient (Wildman–Crippen LogP) is 5.74. The molecule has 0 saturated carbocycles. The molecule has 0 saturated heterocycles. The van der Waals surface area contributed by atoms with E-state index in [0.29, 0.717) is 0 Å². The van der Waals surface area contributed by atoms with E-state index in [1.54, 1.807) is 0 Å². The third-order valence-electron chi connectivity index (χ3n) is 3.68. The van der Waals surface area contributed by atoms with Gasteiger partial charge in [0, 0.05) is 0 Å². The molecule has 0 nitrogen and oxygen atoms in total. The Balaban J connectivity index is 1.88. The van der Waals surface area contributed by atoms with Crippen LogP contribution in [0.5, 0.6) is 0 Å². The normalized spacial score (nSPS) is 10.9. The summed E-state index contributed by atoms with van der Waals surface area (Å²) in [5.41, 5.74) is 1.52. The van der Waals surface area contributed by atoms with Gasteiger partial charge in [-0.25, -0.2) is 0 Å². The quantitative estimate of drug-likeness (QED) is 0.541. The first-order valence-corrected chi connectivity index (χ1v) is 7.38. The molecule has 18 heavy (non-hydrogen) atoms. The summed E-state index contributed by atoms with van der Waals surface area (Å²) in [5.74, 6) is 0. The van der Waals surface area contributed by atoms with Crippen LogP contribution < -0.4 is 0 Å². The van der Waals surface area contributed by atoms with Crippen molar-refractivity contribution in [1.82, 2.24) is 0 Å². The standard InChI is InChI=1S/C18H24/c1-2-3-4-5-6-7-11-16-13-10-14-17-12-8-9-15-18(16)17/h8-10,12-15H,2-7,11H2,1H3. The van der Waals surface area contributed by atoms with Crippen molar-refractivity contribution in [2.75, 3.05) is 0 Å². The first-order valence-electron chi connectivity index (χ1n) is 7.38. The Bertz CT molecular complexity index is 465. The number of aryl methyl sites for hydroxylation is 1. The Kier molecular flexibility index (Phi) is 5.26. The van der Waals surface area contributed by atoms with Gasteiger partial charge in [0.25, 0.3) is 0 Å². The van der Waals surface area contributed by atoms with Gasteiger partial charge in [0.15, 0.2) is 0 Å². The monoisotopic (exact) mass is 240 g/mol. The number of hydrogen-bond acceptors (Lipinski definition) is 0. The zero-order chi connectivity index (χ0) is 12.6. The number of rotatable bonds is 7. The largest absolute Gasteiger partial charge is 0.0654 e. The Labute approximate surface area is 111 Å². The minimum atomic E-state index is 1.23. The molecule has 0 spiro atoms. The van der Waals surface area contributed by atoms with Crippen LogP contribution in [-0.2, 0) is 6.42 Å². The summed E-state index contributed by atoms with van der Waals surface area (Å²) in [7, 11) is 0. The second-order valence-corrected chi connectivity index (χ2v) is 5.16. The number of fused-ring (bicyclic) bond motifs is 1. The summed E-state index contributed by atoms with van der Waals surface area (Å²) in [6.45, 7) is 2.27. The third-order valence-corrected chi connectivity index (χ3v) is 3.68. The molecule has 0 N–H and O–H groups in total. The molecular formula is C18H24. The van der Waals surface area contributed by atoms with E-state index in [2.05, 4.69) is 49.4 Å². The van der Waals surface area contributed by atoms with Gasteiger partial charge in [0.1, 0.15) is 0 Å². The van der Waals surface area contributed by atoms with Gasteiger partial charge in [-0.3, -0.25) is 0 Å². The molecule has 0 amide bonds. The molecule has 2 rings (SSSR count). The van der Waals surface area contributed by atoms with E-state index < -0.39 is 0 Å². The van der Waals surface area contributed by atoms with Gasteiger partial charge in [-0.1, -0.05) is 81.5 Å². The van der Waals surface area contributed by atoms with E-state index in [4.69, 9.17) is 0 Å². The van der Waals surface area contributed by atoms with Crippen LogP contribution in [-0.4, -0.2) is 0 Å². The molecule has 0 aromatic heterocycles. The van der Waals surface area contributed by atoms with Crippen molar-refractivity contribution in [1.29, 1.82) is 0 Å². The van der Waals surface area contributed by atoms with E-state index in [-0.39, 0.29) is 0 Å². The summed E-state index contributed by atoms with van der Waals surface area (Å²) in [6, 6.07) is 15.4. The van der Waals surface area contributed by atoms with Crippen LogP contribution >= 0.6 is 0 Å². The molecule has 0 heteroatoms. The van der Waals surface area contributed by atoms with Crippen molar-refractivity contribution in [2.45, 2.75) is 51.9 Å². The third kappa shape index (κ3) is 3.60. The van der Waals surface area contributed by atoms with Gasteiger partial charge in [-0.15, -0.1) is 0 Å². The van der Waals surface area contributed by atoms with Crippen molar-refractivity contribution in [2.24, 2.45) is 0 Å². The second kappa shape index (κ2) is 7.20. The fourth-order valence-corrected chi connectivity index (χ4v) is 2.61. The number of benzene rings is 2. The van der Waals surface area contributed by atoms with Crippen molar-refractivity contribution >= 4 is 10.8 Å². The fourth-order valence-electron chi connectivity index (χ4n) is 2.61. The van der Waals surface area contributed by atoms with Crippen molar-refractivity contribution < 1.29 is 0 Å². The zero-order valence-electron chi connectivity index (χ0n) is 11.5. The van der Waals surface area contributed by atoms with Gasteiger partial charge in [-0.05, 0) is 29.2 Å². The highest BCUT2D eigenvalue weighted by molar-refractivity contribution is 5.85. The average molecular weight is 240 g/mol. The maximum atomic E-state index is 2.29. The molecule has 0 atom stereocenters. The minimum Gasteiger partial charge on any atom is -0.0654 e. The molecule has 0 radical (unpaired) electrons. The van der Waals surface area contributed by atoms with Crippen molar-refractivity contribution in [3.05, 3.63) is 48.0 Å². The molecule has 0 aliphatic heterocycles. The molecule has 2 aromatic rings. The summed E-state index contributed by atoms with van der Waals surface area (Å²) in [6.07, 6.45) is 9.48. The van der Waals surface area contributed by atoms with Gasteiger partial charge in [0.05, 0.1) is 0 Å². The summed E-state index contributed by atoms with van der Waals surface area (Å²) in [4.78, 5) is 0. The highest BCUT2D eigenvalue weighted by Gasteiger charge is 1.99. The minimum absolute atomic E-state index is 1.23. The lowest BCUT2D eigenvalue weighted by Gasteiger charge is -2.06. The van der Waals surface area contributed by atoms with Crippen LogP contribution in [0.15, 0.2) is 42.5 Å². The molecule has 0 unspecified atom stereocenters. The molecule has 0 heterocycles.